The second-order valence-corrected chi connectivity index (χ2v) is 5.16. The van der Waals surface area contributed by atoms with Gasteiger partial charge >= 0.3 is 0 Å². The van der Waals surface area contributed by atoms with Gasteiger partial charge in [-0.05, 0) is 49.4 Å². The van der Waals surface area contributed by atoms with Crippen LogP contribution in [0, 0.1) is 0 Å². The molecule has 0 aliphatic heterocycles. The van der Waals surface area contributed by atoms with Gasteiger partial charge in [0.15, 0.2) is 5.96 Å². The van der Waals surface area contributed by atoms with Crippen LogP contribution in [0.4, 0.5) is 5.69 Å². The maximum absolute atomic E-state index is 5.94. The minimum absolute atomic E-state index is 0.401. The third-order valence-corrected chi connectivity index (χ3v) is 3.76. The summed E-state index contributed by atoms with van der Waals surface area (Å²) >= 11 is 0. The maximum atomic E-state index is 5.94. The van der Waals surface area contributed by atoms with E-state index in [9.17, 15) is 0 Å². The van der Waals surface area contributed by atoms with Crippen LogP contribution in [-0.4, -0.2) is 20.7 Å². The third-order valence-electron chi connectivity index (χ3n) is 3.76. The maximum Gasteiger partial charge on any atom is 0.193 e. The Labute approximate surface area is 124 Å². The Morgan fingerprint density at radius 2 is 2.24 bits per heavy atom. The Morgan fingerprint density at radius 1 is 1.38 bits per heavy atom. The van der Waals surface area contributed by atoms with Crippen molar-refractivity contribution in [3.8, 4) is 0 Å². The summed E-state index contributed by atoms with van der Waals surface area (Å²) in [4.78, 5) is 8.50. The van der Waals surface area contributed by atoms with Gasteiger partial charge in [-0.25, -0.2) is 14.7 Å². The van der Waals surface area contributed by atoms with Crippen LogP contribution < -0.4 is 11.1 Å². The first-order chi connectivity index (χ1) is 10.3. The van der Waals surface area contributed by atoms with E-state index in [0.29, 0.717) is 12.5 Å². The quantitative estimate of drug-likeness (QED) is 0.661. The fourth-order valence-corrected chi connectivity index (χ4v) is 2.67. The molecule has 0 saturated heterocycles. The number of aliphatic imine (C=N–C) groups is 1. The van der Waals surface area contributed by atoms with E-state index in [2.05, 4.69) is 38.6 Å². The molecule has 0 bridgehead atoms. The Hall–Kier alpha value is -2.37. The van der Waals surface area contributed by atoms with Crippen LogP contribution in [0.5, 0.6) is 0 Å². The monoisotopic (exact) mass is 284 g/mol. The van der Waals surface area contributed by atoms with Crippen molar-refractivity contribution < 1.29 is 0 Å². The molecule has 6 nitrogen and oxygen atoms in total. The largest absolute Gasteiger partial charge is 0.370 e. The molecule has 6 heteroatoms. The predicted octanol–water partition coefficient (Wildman–Crippen LogP) is 1.71. The van der Waals surface area contributed by atoms with Crippen molar-refractivity contribution in [3.63, 3.8) is 0 Å². The van der Waals surface area contributed by atoms with Crippen LogP contribution in [0.1, 0.15) is 30.3 Å². The summed E-state index contributed by atoms with van der Waals surface area (Å²) in [6.45, 7) is 3.23. The van der Waals surface area contributed by atoms with Crippen molar-refractivity contribution in [1.29, 1.82) is 0 Å². The van der Waals surface area contributed by atoms with Crippen LogP contribution in [-0.2, 0) is 25.9 Å². The van der Waals surface area contributed by atoms with Crippen molar-refractivity contribution in [2.75, 3.05) is 5.32 Å². The zero-order valence-corrected chi connectivity index (χ0v) is 12.2. The molecule has 0 saturated carbocycles. The highest BCUT2D eigenvalue weighted by Crippen LogP contribution is 2.24. The fourth-order valence-electron chi connectivity index (χ4n) is 2.67. The molecule has 0 amide bonds. The van der Waals surface area contributed by atoms with Gasteiger partial charge in [0.1, 0.15) is 18.7 Å². The molecular formula is C15H20N6. The third kappa shape index (κ3) is 3.04. The molecule has 21 heavy (non-hydrogen) atoms. The van der Waals surface area contributed by atoms with Gasteiger partial charge in [0.25, 0.3) is 0 Å². The van der Waals surface area contributed by atoms with Crippen molar-refractivity contribution in [2.24, 2.45) is 10.7 Å². The number of fused-ring (bicyclic) bond motifs is 1. The van der Waals surface area contributed by atoms with Gasteiger partial charge in [0.05, 0.1) is 0 Å². The van der Waals surface area contributed by atoms with Crippen LogP contribution in [0.15, 0.2) is 29.5 Å². The summed E-state index contributed by atoms with van der Waals surface area (Å²) in [6.07, 6.45) is 5.13. The van der Waals surface area contributed by atoms with Gasteiger partial charge in [-0.1, -0.05) is 6.07 Å². The van der Waals surface area contributed by atoms with Gasteiger partial charge in [0.2, 0.25) is 0 Å². The number of nitrogens with one attached hydrogen (secondary N) is 1. The van der Waals surface area contributed by atoms with Crippen molar-refractivity contribution >= 4 is 11.6 Å². The topological polar surface area (TPSA) is 81.1 Å². The molecule has 0 spiro atoms. The van der Waals surface area contributed by atoms with Gasteiger partial charge in [-0.2, -0.15) is 5.10 Å². The van der Waals surface area contributed by atoms with Crippen LogP contribution in [0.2, 0.25) is 0 Å². The van der Waals surface area contributed by atoms with Crippen molar-refractivity contribution in [1.82, 2.24) is 14.8 Å². The number of hydrogen-bond acceptors (Lipinski definition) is 3. The molecule has 2 aromatic rings. The second kappa shape index (κ2) is 5.95. The van der Waals surface area contributed by atoms with E-state index in [4.69, 9.17) is 5.73 Å². The molecule has 0 fully saturated rings. The molecular weight excluding hydrogens is 264 g/mol. The molecule has 0 unspecified atom stereocenters. The number of aromatic nitrogens is 3. The number of rotatable bonds is 4. The predicted molar refractivity (Wildman–Crippen MR) is 83.1 cm³/mol. The second-order valence-electron chi connectivity index (χ2n) is 5.16. The lowest BCUT2D eigenvalue weighted by atomic mass is 10.1. The van der Waals surface area contributed by atoms with E-state index >= 15 is 0 Å². The molecule has 1 aliphatic rings. The lowest BCUT2D eigenvalue weighted by Gasteiger charge is -2.08. The highest BCUT2D eigenvalue weighted by Gasteiger charge is 2.10. The first-order valence-electron chi connectivity index (χ1n) is 7.31. The molecule has 110 valence electrons. The van der Waals surface area contributed by atoms with Crippen molar-refractivity contribution in [3.05, 3.63) is 41.5 Å². The Balaban J connectivity index is 1.65. The summed E-state index contributed by atoms with van der Waals surface area (Å²) in [6, 6.07) is 6.39. The minimum atomic E-state index is 0.401. The first-order valence-corrected chi connectivity index (χ1v) is 7.31. The summed E-state index contributed by atoms with van der Waals surface area (Å²) in [7, 11) is 0. The molecule has 0 radical (unpaired) electrons. The smallest absolute Gasteiger partial charge is 0.193 e. The zero-order valence-electron chi connectivity index (χ0n) is 12.2. The number of nitrogens with zero attached hydrogens (tertiary/aromatic N) is 4. The number of nitrogens with two attached hydrogens (primary N) is 1. The van der Waals surface area contributed by atoms with E-state index in [1.165, 1.54) is 24.0 Å². The van der Waals surface area contributed by atoms with E-state index < -0.39 is 0 Å². The van der Waals surface area contributed by atoms with Gasteiger partial charge in [-0.15, -0.1) is 0 Å². The number of aryl methyl sites for hydroxylation is 3. The van der Waals surface area contributed by atoms with Crippen LogP contribution >= 0.6 is 0 Å². The summed E-state index contributed by atoms with van der Waals surface area (Å²) < 4.78 is 1.81. The highest BCUT2D eigenvalue weighted by atomic mass is 15.3. The SMILES string of the molecule is CCn1ncnc1CN=C(N)Nc1ccc2c(c1)CCC2. The van der Waals surface area contributed by atoms with Crippen molar-refractivity contribution in [2.45, 2.75) is 39.3 Å². The van der Waals surface area contributed by atoms with Gasteiger partial charge < -0.3 is 11.1 Å². The Kier molecular flexibility index (Phi) is 3.85. The highest BCUT2D eigenvalue weighted by molar-refractivity contribution is 5.92. The molecule has 1 heterocycles. The lowest BCUT2D eigenvalue weighted by molar-refractivity contribution is 0.616. The number of guanidine groups is 1. The average molecular weight is 284 g/mol. The summed E-state index contributed by atoms with van der Waals surface area (Å²) in [5.74, 6) is 1.22. The summed E-state index contributed by atoms with van der Waals surface area (Å²) in [5, 5.41) is 7.25. The number of benzene rings is 1. The van der Waals surface area contributed by atoms with Gasteiger partial charge in [-0.3, -0.25) is 0 Å². The van der Waals surface area contributed by atoms with Crippen LogP contribution in [0.3, 0.4) is 0 Å². The zero-order chi connectivity index (χ0) is 14.7. The van der Waals surface area contributed by atoms with E-state index in [1.54, 1.807) is 6.33 Å². The fraction of sp³-hybridized carbons (Fsp3) is 0.400. The van der Waals surface area contributed by atoms with Gasteiger partial charge in [0, 0.05) is 12.2 Å². The number of anilines is 1. The summed E-state index contributed by atoms with van der Waals surface area (Å²) in [5.41, 5.74) is 9.80. The van der Waals surface area contributed by atoms with E-state index in [-0.39, 0.29) is 0 Å². The number of hydrogen-bond donors (Lipinski definition) is 2. The molecule has 3 rings (SSSR count). The normalized spacial score (nSPS) is 14.2. The lowest BCUT2D eigenvalue weighted by Crippen LogP contribution is -2.23. The van der Waals surface area contributed by atoms with E-state index in [0.717, 1.165) is 24.5 Å². The first kappa shape index (κ1) is 13.6. The van der Waals surface area contributed by atoms with E-state index in [1.807, 2.05) is 11.6 Å². The van der Waals surface area contributed by atoms with Crippen LogP contribution in [0.25, 0.3) is 0 Å². The molecule has 1 aromatic heterocycles. The Morgan fingerprint density at radius 3 is 3.10 bits per heavy atom. The standard InChI is InChI=1S/C15H20N6/c1-2-21-14(18-10-19-21)9-17-15(16)20-13-7-6-11-4-3-5-12(11)8-13/h6-8,10H,2-5,9H2,1H3,(H3,16,17,20). The molecule has 0 atom stereocenters. The Bertz CT molecular complexity index is 658. The molecule has 3 N–H and O–H groups in total. The molecule has 1 aromatic carbocycles. The minimum Gasteiger partial charge on any atom is -0.370 e. The molecule has 1 aliphatic carbocycles. The average Bonchev–Trinajstić information content (AvgIpc) is 3.13.